The van der Waals surface area contributed by atoms with Gasteiger partial charge in [-0.05, 0) is 29.8 Å². The molecule has 0 aliphatic carbocycles. The zero-order valence-electron chi connectivity index (χ0n) is 11.6. The Morgan fingerprint density at radius 3 is 2.85 bits per heavy atom. The minimum absolute atomic E-state index is 0.690. The summed E-state index contributed by atoms with van der Waals surface area (Å²) in [5, 5.41) is 5.70. The summed E-state index contributed by atoms with van der Waals surface area (Å²) in [4.78, 5) is 4.57. The van der Waals surface area contributed by atoms with Crippen LogP contribution in [0.5, 0.6) is 0 Å². The van der Waals surface area contributed by atoms with Gasteiger partial charge in [-0.25, -0.2) is 4.98 Å². The van der Waals surface area contributed by atoms with E-state index in [-0.39, 0.29) is 0 Å². The Kier molecular flexibility index (Phi) is 3.79. The summed E-state index contributed by atoms with van der Waals surface area (Å²) in [6.45, 7) is 3.90. The maximum atomic E-state index is 5.64. The molecule has 0 bridgehead atoms. The van der Waals surface area contributed by atoms with Gasteiger partial charge in [0.15, 0.2) is 0 Å². The molecule has 0 spiro atoms. The Labute approximate surface area is 118 Å². The molecule has 1 N–H and O–H groups in total. The average molecular weight is 266 g/mol. The van der Waals surface area contributed by atoms with Crippen LogP contribution in [0, 0.1) is 0 Å². The molecule has 0 aliphatic heterocycles. The van der Waals surface area contributed by atoms with Gasteiger partial charge in [-0.2, -0.15) is 0 Å². The molecule has 2 aromatic carbocycles. The van der Waals surface area contributed by atoms with Crippen LogP contribution in [0.15, 0.2) is 53.1 Å². The Morgan fingerprint density at radius 2 is 1.95 bits per heavy atom. The summed E-state index contributed by atoms with van der Waals surface area (Å²) < 4.78 is 5.64. The van der Waals surface area contributed by atoms with Crippen molar-refractivity contribution in [3.05, 3.63) is 54.4 Å². The topological polar surface area (TPSA) is 38.1 Å². The third-order valence-corrected chi connectivity index (χ3v) is 3.30. The molecule has 0 atom stereocenters. The van der Waals surface area contributed by atoms with Gasteiger partial charge < -0.3 is 9.73 Å². The van der Waals surface area contributed by atoms with E-state index in [1.54, 1.807) is 6.26 Å². The lowest BCUT2D eigenvalue weighted by molar-refractivity contribution is 0.570. The molecule has 0 aliphatic rings. The normalized spacial score (nSPS) is 11.1. The molecular formula is C17H18N2O. The highest BCUT2D eigenvalue weighted by Gasteiger charge is 2.09. The van der Waals surface area contributed by atoms with Gasteiger partial charge in [0.2, 0.25) is 5.89 Å². The minimum Gasteiger partial charge on any atom is -0.444 e. The Balaban J connectivity index is 1.91. The second-order valence-electron chi connectivity index (χ2n) is 4.85. The zero-order chi connectivity index (χ0) is 13.8. The second-order valence-corrected chi connectivity index (χ2v) is 4.85. The molecule has 1 heterocycles. The molecule has 0 unspecified atom stereocenters. The van der Waals surface area contributed by atoms with E-state index in [0.29, 0.717) is 5.89 Å². The van der Waals surface area contributed by atoms with Crippen LogP contribution < -0.4 is 5.32 Å². The van der Waals surface area contributed by atoms with Crippen molar-refractivity contribution in [3.8, 4) is 11.5 Å². The van der Waals surface area contributed by atoms with Crippen LogP contribution in [0.3, 0.4) is 0 Å². The average Bonchev–Trinajstić information content (AvgIpc) is 2.96. The van der Waals surface area contributed by atoms with Crippen molar-refractivity contribution in [2.45, 2.75) is 19.9 Å². The smallest absolute Gasteiger partial charge is 0.226 e. The first-order valence-electron chi connectivity index (χ1n) is 7.01. The molecule has 3 nitrogen and oxygen atoms in total. The van der Waals surface area contributed by atoms with Crippen molar-refractivity contribution >= 4 is 10.8 Å². The number of benzene rings is 2. The first-order valence-corrected chi connectivity index (χ1v) is 7.01. The monoisotopic (exact) mass is 266 g/mol. The number of aromatic nitrogens is 1. The number of rotatable bonds is 5. The number of oxazole rings is 1. The standard InChI is InChI=1S/C17H18N2O/c1-2-10-18-11-14-12-20-17(19-14)16-9-5-7-13-6-3-4-8-15(13)16/h3-9,12,18H,2,10-11H2,1H3. The molecular weight excluding hydrogens is 248 g/mol. The number of hydrogen-bond acceptors (Lipinski definition) is 3. The lowest BCUT2D eigenvalue weighted by Crippen LogP contribution is -2.13. The molecule has 0 saturated heterocycles. The summed E-state index contributed by atoms with van der Waals surface area (Å²) in [7, 11) is 0. The number of hydrogen-bond donors (Lipinski definition) is 1. The summed E-state index contributed by atoms with van der Waals surface area (Å²) >= 11 is 0. The van der Waals surface area contributed by atoms with Crippen LogP contribution in [0.1, 0.15) is 19.0 Å². The van der Waals surface area contributed by atoms with Gasteiger partial charge in [-0.15, -0.1) is 0 Å². The van der Waals surface area contributed by atoms with Crippen LogP contribution in [0.4, 0.5) is 0 Å². The maximum Gasteiger partial charge on any atom is 0.226 e. The fourth-order valence-electron chi connectivity index (χ4n) is 2.32. The predicted molar refractivity (Wildman–Crippen MR) is 81.4 cm³/mol. The van der Waals surface area contributed by atoms with Gasteiger partial charge in [0.25, 0.3) is 0 Å². The van der Waals surface area contributed by atoms with Gasteiger partial charge in [0.05, 0.1) is 5.69 Å². The van der Waals surface area contributed by atoms with Gasteiger partial charge in [-0.3, -0.25) is 0 Å². The van der Waals surface area contributed by atoms with Crippen LogP contribution in [0.2, 0.25) is 0 Å². The van der Waals surface area contributed by atoms with E-state index in [2.05, 4.69) is 41.5 Å². The largest absolute Gasteiger partial charge is 0.444 e. The van der Waals surface area contributed by atoms with Crippen LogP contribution in [-0.4, -0.2) is 11.5 Å². The molecule has 0 radical (unpaired) electrons. The van der Waals surface area contributed by atoms with Gasteiger partial charge >= 0.3 is 0 Å². The van der Waals surface area contributed by atoms with Crippen molar-refractivity contribution in [3.63, 3.8) is 0 Å². The summed E-state index contributed by atoms with van der Waals surface area (Å²) in [6.07, 6.45) is 2.85. The van der Waals surface area contributed by atoms with Crippen LogP contribution in [-0.2, 0) is 6.54 Å². The summed E-state index contributed by atoms with van der Waals surface area (Å²) in [5.41, 5.74) is 1.99. The molecule has 0 fully saturated rings. The first kappa shape index (κ1) is 12.9. The van der Waals surface area contributed by atoms with Crippen molar-refractivity contribution in [1.82, 2.24) is 10.3 Å². The number of nitrogens with zero attached hydrogens (tertiary/aromatic N) is 1. The molecule has 0 saturated carbocycles. The minimum atomic E-state index is 0.690. The third-order valence-electron chi connectivity index (χ3n) is 3.30. The zero-order valence-corrected chi connectivity index (χ0v) is 11.6. The lowest BCUT2D eigenvalue weighted by Gasteiger charge is -2.02. The first-order chi connectivity index (χ1) is 9.88. The SMILES string of the molecule is CCCNCc1coc(-c2cccc3ccccc23)n1. The number of fused-ring (bicyclic) bond motifs is 1. The van der Waals surface area contributed by atoms with Crippen molar-refractivity contribution in [1.29, 1.82) is 0 Å². The van der Waals surface area contributed by atoms with E-state index in [1.165, 1.54) is 10.8 Å². The van der Waals surface area contributed by atoms with Crippen LogP contribution in [0.25, 0.3) is 22.2 Å². The molecule has 3 rings (SSSR count). The fraction of sp³-hybridized carbons (Fsp3) is 0.235. The highest BCUT2D eigenvalue weighted by molar-refractivity contribution is 5.94. The molecule has 1 aromatic heterocycles. The lowest BCUT2D eigenvalue weighted by atomic mass is 10.0. The van der Waals surface area contributed by atoms with E-state index in [4.69, 9.17) is 4.42 Å². The van der Waals surface area contributed by atoms with E-state index in [0.717, 1.165) is 30.8 Å². The van der Waals surface area contributed by atoms with E-state index >= 15 is 0 Å². The van der Waals surface area contributed by atoms with Crippen molar-refractivity contribution in [2.75, 3.05) is 6.54 Å². The van der Waals surface area contributed by atoms with Crippen molar-refractivity contribution < 1.29 is 4.42 Å². The quantitative estimate of drug-likeness (QED) is 0.709. The van der Waals surface area contributed by atoms with Gasteiger partial charge in [0.1, 0.15) is 6.26 Å². The maximum absolute atomic E-state index is 5.64. The van der Waals surface area contributed by atoms with Crippen molar-refractivity contribution in [2.24, 2.45) is 0 Å². The van der Waals surface area contributed by atoms with E-state index in [9.17, 15) is 0 Å². The second kappa shape index (κ2) is 5.88. The molecule has 3 aromatic rings. The predicted octanol–water partition coefficient (Wildman–Crippen LogP) is 3.99. The third kappa shape index (κ3) is 2.58. The summed E-state index contributed by atoms with van der Waals surface area (Å²) in [5.74, 6) is 0.690. The Hall–Kier alpha value is -2.13. The Bertz CT molecular complexity index is 698. The molecule has 102 valence electrons. The van der Waals surface area contributed by atoms with Crippen LogP contribution >= 0.6 is 0 Å². The summed E-state index contributed by atoms with van der Waals surface area (Å²) in [6, 6.07) is 14.5. The van der Waals surface area contributed by atoms with E-state index in [1.807, 2.05) is 18.2 Å². The van der Waals surface area contributed by atoms with E-state index < -0.39 is 0 Å². The number of nitrogens with one attached hydrogen (secondary N) is 1. The highest BCUT2D eigenvalue weighted by atomic mass is 16.3. The molecule has 20 heavy (non-hydrogen) atoms. The highest BCUT2D eigenvalue weighted by Crippen LogP contribution is 2.27. The Morgan fingerprint density at radius 1 is 1.10 bits per heavy atom. The molecule has 3 heteroatoms. The van der Waals surface area contributed by atoms with Gasteiger partial charge in [-0.1, -0.05) is 43.3 Å². The van der Waals surface area contributed by atoms with Gasteiger partial charge in [0, 0.05) is 12.1 Å². The fourth-order valence-corrected chi connectivity index (χ4v) is 2.32. The molecule has 0 amide bonds.